The highest BCUT2D eigenvalue weighted by molar-refractivity contribution is 7.99. The van der Waals surface area contributed by atoms with Gasteiger partial charge in [-0.25, -0.2) is 0 Å². The molecule has 2 aromatic rings. The monoisotopic (exact) mass is 296 g/mol. The highest BCUT2D eigenvalue weighted by Gasteiger charge is 2.10. The molecule has 1 atom stereocenters. The second-order valence-corrected chi connectivity index (χ2v) is 5.56. The lowest BCUT2D eigenvalue weighted by molar-refractivity contribution is 0.203. The molecular formula is C14H13ClO3S. The van der Waals surface area contributed by atoms with Gasteiger partial charge < -0.3 is 15.3 Å². The van der Waals surface area contributed by atoms with Crippen molar-refractivity contribution in [2.45, 2.75) is 11.0 Å². The van der Waals surface area contributed by atoms with Crippen LogP contribution in [-0.4, -0.2) is 21.1 Å². The van der Waals surface area contributed by atoms with Crippen molar-refractivity contribution in [3.63, 3.8) is 0 Å². The summed E-state index contributed by atoms with van der Waals surface area (Å²) in [5.41, 5.74) is 0.560. The quantitative estimate of drug-likeness (QED) is 0.596. The molecule has 0 radical (unpaired) electrons. The van der Waals surface area contributed by atoms with Crippen LogP contribution in [0.4, 0.5) is 0 Å². The Bertz CT molecular complexity index is 574. The van der Waals surface area contributed by atoms with Crippen LogP contribution in [0.5, 0.6) is 11.5 Å². The van der Waals surface area contributed by atoms with E-state index in [0.717, 1.165) is 4.90 Å². The van der Waals surface area contributed by atoms with E-state index >= 15 is 0 Å². The number of benzene rings is 2. The summed E-state index contributed by atoms with van der Waals surface area (Å²) < 4.78 is 0. The molecule has 0 saturated carbocycles. The Morgan fingerprint density at radius 2 is 1.84 bits per heavy atom. The summed E-state index contributed by atoms with van der Waals surface area (Å²) >= 11 is 7.35. The first-order valence-corrected chi connectivity index (χ1v) is 7.01. The minimum Gasteiger partial charge on any atom is -0.504 e. The van der Waals surface area contributed by atoms with Crippen LogP contribution in [-0.2, 0) is 0 Å². The number of rotatable bonds is 4. The summed E-state index contributed by atoms with van der Waals surface area (Å²) in [7, 11) is 0. The summed E-state index contributed by atoms with van der Waals surface area (Å²) in [6, 6.07) is 11.7. The highest BCUT2D eigenvalue weighted by Crippen LogP contribution is 2.31. The molecular weight excluding hydrogens is 284 g/mol. The molecule has 3 N–H and O–H groups in total. The Labute approximate surface area is 120 Å². The maximum Gasteiger partial charge on any atom is 0.157 e. The van der Waals surface area contributed by atoms with E-state index in [1.54, 1.807) is 12.1 Å². The molecule has 2 rings (SSSR count). The molecule has 0 amide bonds. The zero-order chi connectivity index (χ0) is 13.8. The van der Waals surface area contributed by atoms with E-state index in [0.29, 0.717) is 16.3 Å². The van der Waals surface area contributed by atoms with Crippen molar-refractivity contribution in [2.75, 3.05) is 5.75 Å². The molecule has 2 aromatic carbocycles. The van der Waals surface area contributed by atoms with E-state index in [9.17, 15) is 15.3 Å². The Kier molecular flexibility index (Phi) is 4.58. The summed E-state index contributed by atoms with van der Waals surface area (Å²) in [6.07, 6.45) is -0.726. The Morgan fingerprint density at radius 1 is 1.05 bits per heavy atom. The van der Waals surface area contributed by atoms with Crippen molar-refractivity contribution in [1.82, 2.24) is 0 Å². The normalized spacial score (nSPS) is 12.3. The van der Waals surface area contributed by atoms with Crippen molar-refractivity contribution in [3.8, 4) is 11.5 Å². The zero-order valence-electron chi connectivity index (χ0n) is 9.95. The SMILES string of the molecule is Oc1ccc(C(O)CSc2cccc(Cl)c2)cc1O. The van der Waals surface area contributed by atoms with Gasteiger partial charge in [-0.1, -0.05) is 23.7 Å². The molecule has 0 bridgehead atoms. The van der Waals surface area contributed by atoms with Crippen molar-refractivity contribution >= 4 is 23.4 Å². The fourth-order valence-electron chi connectivity index (χ4n) is 1.58. The molecule has 100 valence electrons. The molecule has 5 heteroatoms. The maximum atomic E-state index is 10.0. The van der Waals surface area contributed by atoms with E-state index in [4.69, 9.17) is 11.6 Å². The number of halogens is 1. The van der Waals surface area contributed by atoms with E-state index < -0.39 is 6.10 Å². The number of thioether (sulfide) groups is 1. The number of aliphatic hydroxyl groups is 1. The van der Waals surface area contributed by atoms with Gasteiger partial charge in [-0.2, -0.15) is 0 Å². The van der Waals surface area contributed by atoms with Crippen LogP contribution in [0.1, 0.15) is 11.7 Å². The summed E-state index contributed by atoms with van der Waals surface area (Å²) in [5, 5.41) is 29.3. The molecule has 0 aliphatic heterocycles. The van der Waals surface area contributed by atoms with Crippen LogP contribution in [0.15, 0.2) is 47.4 Å². The first-order valence-electron chi connectivity index (χ1n) is 5.64. The Morgan fingerprint density at radius 3 is 2.53 bits per heavy atom. The van der Waals surface area contributed by atoms with Crippen LogP contribution in [0.2, 0.25) is 5.02 Å². The van der Waals surface area contributed by atoms with Gasteiger partial charge in [-0.15, -0.1) is 11.8 Å². The largest absolute Gasteiger partial charge is 0.504 e. The minimum atomic E-state index is -0.726. The van der Waals surface area contributed by atoms with Crippen LogP contribution in [0.3, 0.4) is 0 Å². The molecule has 0 fully saturated rings. The topological polar surface area (TPSA) is 60.7 Å². The van der Waals surface area contributed by atoms with Gasteiger partial charge in [0.15, 0.2) is 11.5 Å². The molecule has 3 nitrogen and oxygen atoms in total. The van der Waals surface area contributed by atoms with Crippen LogP contribution in [0, 0.1) is 0 Å². The first kappa shape index (κ1) is 14.1. The number of hydrogen-bond acceptors (Lipinski definition) is 4. The van der Waals surface area contributed by atoms with E-state index in [1.807, 2.05) is 18.2 Å². The summed E-state index contributed by atoms with van der Waals surface area (Å²) in [6.45, 7) is 0. The second-order valence-electron chi connectivity index (χ2n) is 4.03. The third-order valence-electron chi connectivity index (χ3n) is 2.59. The second kappa shape index (κ2) is 6.19. The standard InChI is InChI=1S/C14H13ClO3S/c15-10-2-1-3-11(7-10)19-8-14(18)9-4-5-12(16)13(17)6-9/h1-7,14,16-18H,8H2. The third kappa shape index (κ3) is 3.80. The van der Waals surface area contributed by atoms with Crippen molar-refractivity contribution in [1.29, 1.82) is 0 Å². The number of phenolic OH excluding ortho intramolecular Hbond substituents is 2. The molecule has 0 aliphatic carbocycles. The van der Waals surface area contributed by atoms with E-state index in [1.165, 1.54) is 23.9 Å². The molecule has 19 heavy (non-hydrogen) atoms. The van der Waals surface area contributed by atoms with Gasteiger partial charge in [0, 0.05) is 15.7 Å². The Balaban J connectivity index is 2.01. The first-order chi connectivity index (χ1) is 9.06. The number of aliphatic hydroxyl groups excluding tert-OH is 1. The number of phenols is 2. The summed E-state index contributed by atoms with van der Waals surface area (Å²) in [4.78, 5) is 0.967. The minimum absolute atomic E-state index is 0.196. The van der Waals surface area contributed by atoms with Crippen LogP contribution in [0.25, 0.3) is 0 Å². The molecule has 1 unspecified atom stereocenters. The fourth-order valence-corrected chi connectivity index (χ4v) is 2.76. The maximum absolute atomic E-state index is 10.0. The van der Waals surface area contributed by atoms with Crippen molar-refractivity contribution < 1.29 is 15.3 Å². The van der Waals surface area contributed by atoms with Crippen molar-refractivity contribution in [2.24, 2.45) is 0 Å². The number of hydrogen-bond donors (Lipinski definition) is 3. The van der Waals surface area contributed by atoms with Crippen LogP contribution < -0.4 is 0 Å². The zero-order valence-corrected chi connectivity index (χ0v) is 11.5. The molecule has 0 aromatic heterocycles. The summed E-state index contributed by atoms with van der Waals surface area (Å²) in [5.74, 6) is 0.00707. The Hall–Kier alpha value is -1.36. The van der Waals surface area contributed by atoms with Gasteiger partial charge in [0.05, 0.1) is 6.10 Å². The molecule has 0 saturated heterocycles. The number of aromatic hydroxyl groups is 2. The third-order valence-corrected chi connectivity index (χ3v) is 3.89. The average molecular weight is 297 g/mol. The van der Waals surface area contributed by atoms with Gasteiger partial charge in [0.1, 0.15) is 0 Å². The van der Waals surface area contributed by atoms with Gasteiger partial charge >= 0.3 is 0 Å². The van der Waals surface area contributed by atoms with Gasteiger partial charge in [-0.05, 0) is 35.9 Å². The lowest BCUT2D eigenvalue weighted by Gasteiger charge is -2.11. The van der Waals surface area contributed by atoms with Gasteiger partial charge in [-0.3, -0.25) is 0 Å². The van der Waals surface area contributed by atoms with E-state index in [2.05, 4.69) is 0 Å². The molecule has 0 heterocycles. The fraction of sp³-hybridized carbons (Fsp3) is 0.143. The van der Waals surface area contributed by atoms with Crippen molar-refractivity contribution in [3.05, 3.63) is 53.1 Å². The molecule has 0 aliphatic rings. The molecule has 0 spiro atoms. The lowest BCUT2D eigenvalue weighted by atomic mass is 10.1. The van der Waals surface area contributed by atoms with Gasteiger partial charge in [0.2, 0.25) is 0 Å². The smallest absolute Gasteiger partial charge is 0.157 e. The van der Waals surface area contributed by atoms with Gasteiger partial charge in [0.25, 0.3) is 0 Å². The van der Waals surface area contributed by atoms with Crippen LogP contribution >= 0.6 is 23.4 Å². The average Bonchev–Trinajstić information content (AvgIpc) is 2.39. The predicted octanol–water partition coefficient (Wildman–Crippen LogP) is 3.58. The van der Waals surface area contributed by atoms with E-state index in [-0.39, 0.29) is 11.5 Å². The lowest BCUT2D eigenvalue weighted by Crippen LogP contribution is -2.00. The predicted molar refractivity (Wildman–Crippen MR) is 76.9 cm³/mol. The highest BCUT2D eigenvalue weighted by atomic mass is 35.5.